The van der Waals surface area contributed by atoms with E-state index in [1.807, 2.05) is 0 Å². The molecule has 1 saturated heterocycles. The lowest BCUT2D eigenvalue weighted by atomic mass is 10.4. The molecule has 4 N–H and O–H groups in total. The lowest BCUT2D eigenvalue weighted by Gasteiger charge is -2.24. The summed E-state index contributed by atoms with van der Waals surface area (Å²) in [5.41, 5.74) is 6.74. The molecule has 0 aromatic carbocycles. The topological polar surface area (TPSA) is 64.8 Å². The number of nitrogens with zero attached hydrogens (tertiary/aromatic N) is 2. The van der Waals surface area contributed by atoms with Gasteiger partial charge in [-0.15, -0.1) is 0 Å². The number of nitrogens with one attached hydrogen (secondary N) is 1. The third-order valence-electron chi connectivity index (χ3n) is 2.45. The van der Waals surface area contributed by atoms with Crippen molar-refractivity contribution in [3.05, 3.63) is 11.5 Å². The van der Waals surface area contributed by atoms with Crippen molar-refractivity contribution in [2.24, 2.45) is 5.73 Å². The van der Waals surface area contributed by atoms with Crippen LogP contribution in [0.5, 0.6) is 0 Å². The Bertz CT molecular complexity index is 228. The number of aliphatic hydroxyl groups excluding tert-OH is 1. The summed E-state index contributed by atoms with van der Waals surface area (Å²) >= 11 is 0. The SMILES string of the molecule is NC1=C(NCCO)N2CCCN2C1. The minimum atomic E-state index is 0.143. The highest BCUT2D eigenvalue weighted by molar-refractivity contribution is 5.16. The molecule has 0 spiro atoms. The molecule has 5 heteroatoms. The molecule has 74 valence electrons. The molecular formula is C8H16N4O. The molecule has 0 aliphatic carbocycles. The molecule has 0 unspecified atom stereocenters. The van der Waals surface area contributed by atoms with Gasteiger partial charge in [-0.05, 0) is 6.42 Å². The predicted octanol–water partition coefficient (Wildman–Crippen LogP) is -1.37. The number of hydrogen-bond acceptors (Lipinski definition) is 5. The average Bonchev–Trinajstić information content (AvgIpc) is 2.62. The van der Waals surface area contributed by atoms with E-state index in [-0.39, 0.29) is 6.61 Å². The minimum Gasteiger partial charge on any atom is -0.398 e. The molecule has 1 fully saturated rings. The van der Waals surface area contributed by atoms with E-state index >= 15 is 0 Å². The molecule has 2 heterocycles. The second-order valence-corrected chi connectivity index (χ2v) is 3.39. The Morgan fingerprint density at radius 1 is 1.46 bits per heavy atom. The van der Waals surface area contributed by atoms with Crippen LogP contribution in [0, 0.1) is 0 Å². The maximum Gasteiger partial charge on any atom is 0.137 e. The lowest BCUT2D eigenvalue weighted by molar-refractivity contribution is 0.0929. The number of rotatable bonds is 3. The maximum atomic E-state index is 8.70. The van der Waals surface area contributed by atoms with E-state index < -0.39 is 0 Å². The molecule has 0 atom stereocenters. The highest BCUT2D eigenvalue weighted by Gasteiger charge is 2.31. The second kappa shape index (κ2) is 3.43. The van der Waals surface area contributed by atoms with Gasteiger partial charge < -0.3 is 16.2 Å². The van der Waals surface area contributed by atoms with E-state index in [2.05, 4.69) is 15.3 Å². The Morgan fingerprint density at radius 3 is 3.08 bits per heavy atom. The van der Waals surface area contributed by atoms with Crippen LogP contribution in [0.15, 0.2) is 11.5 Å². The summed E-state index contributed by atoms with van der Waals surface area (Å²) in [6.45, 7) is 3.66. The maximum absolute atomic E-state index is 8.70. The fourth-order valence-electron chi connectivity index (χ4n) is 1.90. The standard InChI is InChI=1S/C8H16N4O/c9-7-6-11-3-1-4-12(11)8(7)10-2-5-13/h10,13H,1-6,9H2. The molecule has 0 saturated carbocycles. The van der Waals surface area contributed by atoms with Crippen molar-refractivity contribution >= 4 is 0 Å². The smallest absolute Gasteiger partial charge is 0.137 e. The van der Waals surface area contributed by atoms with Gasteiger partial charge in [0.2, 0.25) is 0 Å². The van der Waals surface area contributed by atoms with Gasteiger partial charge in [-0.1, -0.05) is 0 Å². The molecular weight excluding hydrogens is 168 g/mol. The van der Waals surface area contributed by atoms with Gasteiger partial charge in [-0.25, -0.2) is 5.01 Å². The summed E-state index contributed by atoms with van der Waals surface area (Å²) in [7, 11) is 0. The summed E-state index contributed by atoms with van der Waals surface area (Å²) in [4.78, 5) is 0. The van der Waals surface area contributed by atoms with E-state index in [0.717, 1.165) is 31.2 Å². The monoisotopic (exact) mass is 184 g/mol. The van der Waals surface area contributed by atoms with Crippen LogP contribution >= 0.6 is 0 Å². The molecule has 0 bridgehead atoms. The normalized spacial score (nSPS) is 22.7. The summed E-state index contributed by atoms with van der Waals surface area (Å²) in [6, 6.07) is 0. The van der Waals surface area contributed by atoms with Crippen molar-refractivity contribution < 1.29 is 5.11 Å². The highest BCUT2D eigenvalue weighted by atomic mass is 16.3. The summed E-state index contributed by atoms with van der Waals surface area (Å²) in [5, 5.41) is 16.2. The molecule has 2 aliphatic heterocycles. The van der Waals surface area contributed by atoms with Crippen molar-refractivity contribution in [2.45, 2.75) is 6.42 Å². The van der Waals surface area contributed by atoms with Crippen LogP contribution in [0.2, 0.25) is 0 Å². The van der Waals surface area contributed by atoms with Gasteiger partial charge in [0.05, 0.1) is 18.8 Å². The van der Waals surface area contributed by atoms with Gasteiger partial charge in [-0.3, -0.25) is 5.01 Å². The first kappa shape index (κ1) is 8.65. The number of aliphatic hydroxyl groups is 1. The molecule has 13 heavy (non-hydrogen) atoms. The van der Waals surface area contributed by atoms with Gasteiger partial charge >= 0.3 is 0 Å². The molecule has 5 nitrogen and oxygen atoms in total. The second-order valence-electron chi connectivity index (χ2n) is 3.39. The molecule has 0 amide bonds. The fourth-order valence-corrected chi connectivity index (χ4v) is 1.90. The zero-order valence-electron chi connectivity index (χ0n) is 7.66. The highest BCUT2D eigenvalue weighted by Crippen LogP contribution is 2.23. The van der Waals surface area contributed by atoms with Gasteiger partial charge in [0.1, 0.15) is 5.82 Å². The van der Waals surface area contributed by atoms with Crippen molar-refractivity contribution in [1.82, 2.24) is 15.3 Å². The van der Waals surface area contributed by atoms with Crippen molar-refractivity contribution in [1.29, 1.82) is 0 Å². The number of hydrogen-bond donors (Lipinski definition) is 3. The molecule has 0 aromatic heterocycles. The Kier molecular flexibility index (Phi) is 2.28. The third kappa shape index (κ3) is 1.45. The van der Waals surface area contributed by atoms with Crippen molar-refractivity contribution in [3.8, 4) is 0 Å². The van der Waals surface area contributed by atoms with Crippen molar-refractivity contribution in [2.75, 3.05) is 32.8 Å². The summed E-state index contributed by atoms with van der Waals surface area (Å²) in [5.74, 6) is 0.992. The van der Waals surface area contributed by atoms with Gasteiger partial charge in [0.25, 0.3) is 0 Å². The number of hydrazine groups is 1. The van der Waals surface area contributed by atoms with Crippen LogP contribution in [0.25, 0.3) is 0 Å². The molecule has 2 rings (SSSR count). The lowest BCUT2D eigenvalue weighted by Crippen LogP contribution is -2.35. The molecule has 0 aromatic rings. The summed E-state index contributed by atoms with van der Waals surface area (Å²) < 4.78 is 0. The van der Waals surface area contributed by atoms with E-state index in [0.29, 0.717) is 6.54 Å². The first-order valence-electron chi connectivity index (χ1n) is 4.68. The van der Waals surface area contributed by atoms with E-state index in [1.165, 1.54) is 6.42 Å². The number of fused-ring (bicyclic) bond motifs is 1. The summed E-state index contributed by atoms with van der Waals surface area (Å²) in [6.07, 6.45) is 1.19. The first-order valence-corrected chi connectivity index (χ1v) is 4.68. The van der Waals surface area contributed by atoms with Crippen LogP contribution < -0.4 is 11.1 Å². The van der Waals surface area contributed by atoms with Gasteiger partial charge in [0, 0.05) is 19.6 Å². The fraction of sp³-hybridized carbons (Fsp3) is 0.750. The van der Waals surface area contributed by atoms with Crippen LogP contribution in [0.3, 0.4) is 0 Å². The van der Waals surface area contributed by atoms with Crippen LogP contribution in [0.1, 0.15) is 6.42 Å². The Morgan fingerprint density at radius 2 is 2.31 bits per heavy atom. The molecule has 0 radical (unpaired) electrons. The van der Waals surface area contributed by atoms with Crippen LogP contribution in [-0.2, 0) is 0 Å². The van der Waals surface area contributed by atoms with E-state index in [4.69, 9.17) is 10.8 Å². The van der Waals surface area contributed by atoms with Gasteiger partial charge in [0.15, 0.2) is 0 Å². The largest absolute Gasteiger partial charge is 0.398 e. The van der Waals surface area contributed by atoms with Crippen LogP contribution in [0.4, 0.5) is 0 Å². The zero-order valence-corrected chi connectivity index (χ0v) is 7.66. The Balaban J connectivity index is 2.01. The Hall–Kier alpha value is -0.940. The minimum absolute atomic E-state index is 0.143. The average molecular weight is 184 g/mol. The predicted molar refractivity (Wildman–Crippen MR) is 49.2 cm³/mol. The molecule has 2 aliphatic rings. The first-order chi connectivity index (χ1) is 6.33. The van der Waals surface area contributed by atoms with E-state index in [9.17, 15) is 0 Å². The van der Waals surface area contributed by atoms with Crippen molar-refractivity contribution in [3.63, 3.8) is 0 Å². The van der Waals surface area contributed by atoms with E-state index in [1.54, 1.807) is 0 Å². The van der Waals surface area contributed by atoms with Gasteiger partial charge in [-0.2, -0.15) is 0 Å². The Labute approximate surface area is 77.8 Å². The third-order valence-corrected chi connectivity index (χ3v) is 2.45. The zero-order chi connectivity index (χ0) is 9.26. The van der Waals surface area contributed by atoms with Crippen LogP contribution in [-0.4, -0.2) is 47.9 Å². The quantitative estimate of drug-likeness (QED) is 0.505. The number of nitrogens with two attached hydrogens (primary N) is 1.